The van der Waals surface area contributed by atoms with Crippen LogP contribution in [0.3, 0.4) is 0 Å². The van der Waals surface area contributed by atoms with Gasteiger partial charge in [0.05, 0.1) is 9.94 Å². The smallest absolute Gasteiger partial charge is 0.0989 e. The van der Waals surface area contributed by atoms with Gasteiger partial charge in [-0.1, -0.05) is 24.9 Å². The molecule has 2 atom stereocenters. The van der Waals surface area contributed by atoms with E-state index in [0.29, 0.717) is 5.92 Å². The summed E-state index contributed by atoms with van der Waals surface area (Å²) in [6.07, 6.45) is 4.13. The average molecular weight is 231 g/mol. The topological polar surface area (TPSA) is 20.2 Å². The normalized spacial score (nSPS) is 32.4. The maximum atomic E-state index is 10.6. The van der Waals surface area contributed by atoms with E-state index in [-0.39, 0.29) is 0 Å². The van der Waals surface area contributed by atoms with E-state index < -0.39 is 5.60 Å². The van der Waals surface area contributed by atoms with Crippen molar-refractivity contribution >= 4 is 22.9 Å². The zero-order valence-corrected chi connectivity index (χ0v) is 9.87. The minimum Gasteiger partial charge on any atom is -0.385 e. The van der Waals surface area contributed by atoms with Gasteiger partial charge < -0.3 is 5.11 Å². The Bertz CT molecular complexity index is 323. The van der Waals surface area contributed by atoms with Crippen molar-refractivity contribution in [3.63, 3.8) is 0 Å². The van der Waals surface area contributed by atoms with Gasteiger partial charge >= 0.3 is 0 Å². The second-order valence-electron chi connectivity index (χ2n) is 4.03. The molecular weight excluding hydrogens is 216 g/mol. The number of hydrogen-bond acceptors (Lipinski definition) is 2. The first-order valence-corrected chi connectivity index (χ1v) is 6.40. The van der Waals surface area contributed by atoms with Crippen molar-refractivity contribution in [1.29, 1.82) is 0 Å². The maximum absolute atomic E-state index is 10.6. The third-order valence-corrected chi connectivity index (χ3v) is 4.53. The molecule has 0 aromatic carbocycles. The van der Waals surface area contributed by atoms with Crippen molar-refractivity contribution < 1.29 is 5.11 Å². The van der Waals surface area contributed by atoms with E-state index in [0.717, 1.165) is 35.6 Å². The molecule has 0 aliphatic heterocycles. The fourth-order valence-corrected chi connectivity index (χ4v) is 3.64. The van der Waals surface area contributed by atoms with Crippen LogP contribution in [0.2, 0.25) is 4.34 Å². The average Bonchev–Trinajstić information content (AvgIpc) is 2.72. The van der Waals surface area contributed by atoms with E-state index in [4.69, 9.17) is 11.6 Å². The molecule has 0 spiro atoms. The van der Waals surface area contributed by atoms with Crippen LogP contribution in [0.4, 0.5) is 0 Å². The molecular formula is C11H15ClOS. The lowest BCUT2D eigenvalue weighted by Crippen LogP contribution is -2.29. The molecule has 14 heavy (non-hydrogen) atoms. The Morgan fingerprint density at radius 3 is 3.07 bits per heavy atom. The van der Waals surface area contributed by atoms with Gasteiger partial charge in [0, 0.05) is 5.56 Å². The summed E-state index contributed by atoms with van der Waals surface area (Å²) in [6, 6.07) is 1.97. The Morgan fingerprint density at radius 2 is 2.50 bits per heavy atom. The van der Waals surface area contributed by atoms with E-state index in [2.05, 4.69) is 6.92 Å². The van der Waals surface area contributed by atoms with Gasteiger partial charge in [0.25, 0.3) is 0 Å². The van der Waals surface area contributed by atoms with Crippen LogP contribution in [-0.2, 0) is 5.60 Å². The predicted octanol–water partition coefficient (Wildman–Crippen LogP) is 3.80. The van der Waals surface area contributed by atoms with Gasteiger partial charge in [-0.15, -0.1) is 11.3 Å². The van der Waals surface area contributed by atoms with Gasteiger partial charge in [-0.05, 0) is 36.6 Å². The van der Waals surface area contributed by atoms with E-state index >= 15 is 0 Å². The zero-order chi connectivity index (χ0) is 10.2. The molecule has 1 heterocycles. The van der Waals surface area contributed by atoms with Crippen molar-refractivity contribution in [3.05, 3.63) is 21.3 Å². The van der Waals surface area contributed by atoms with Crippen LogP contribution in [0.25, 0.3) is 0 Å². The van der Waals surface area contributed by atoms with Crippen LogP contribution in [0.5, 0.6) is 0 Å². The molecule has 0 radical (unpaired) electrons. The molecule has 1 aliphatic rings. The third kappa shape index (κ3) is 1.50. The fraction of sp³-hybridized carbons (Fsp3) is 0.636. The summed E-state index contributed by atoms with van der Waals surface area (Å²) in [4.78, 5) is 0. The summed E-state index contributed by atoms with van der Waals surface area (Å²) in [6.45, 7) is 2.14. The van der Waals surface area contributed by atoms with Gasteiger partial charge in [-0.2, -0.15) is 0 Å². The van der Waals surface area contributed by atoms with Crippen LogP contribution < -0.4 is 0 Å². The van der Waals surface area contributed by atoms with Crippen LogP contribution in [0.15, 0.2) is 11.4 Å². The maximum Gasteiger partial charge on any atom is 0.0989 e. The largest absolute Gasteiger partial charge is 0.385 e. The molecule has 0 saturated heterocycles. The van der Waals surface area contributed by atoms with Crippen molar-refractivity contribution in [1.82, 2.24) is 0 Å². The lowest BCUT2D eigenvalue weighted by Gasteiger charge is -2.29. The molecule has 1 aromatic rings. The molecule has 2 unspecified atom stereocenters. The Hall–Kier alpha value is -0.0500. The Kier molecular flexibility index (Phi) is 2.87. The highest BCUT2D eigenvalue weighted by Gasteiger charge is 2.42. The minimum absolute atomic E-state index is 0.384. The molecule has 2 rings (SSSR count). The zero-order valence-electron chi connectivity index (χ0n) is 8.29. The lowest BCUT2D eigenvalue weighted by atomic mass is 9.84. The van der Waals surface area contributed by atoms with Crippen LogP contribution >= 0.6 is 22.9 Å². The summed E-state index contributed by atoms with van der Waals surface area (Å²) in [5.41, 5.74) is 0.305. The SMILES string of the molecule is CCC1CCCC1(O)c1ccsc1Cl. The Balaban J connectivity index is 2.36. The number of rotatable bonds is 2. The second kappa shape index (κ2) is 3.84. The molecule has 0 amide bonds. The first-order valence-electron chi connectivity index (χ1n) is 5.14. The molecule has 3 heteroatoms. The summed E-state index contributed by atoms with van der Waals surface area (Å²) >= 11 is 7.60. The standard InChI is InChI=1S/C11H15ClOS/c1-2-8-4-3-6-11(8,13)9-5-7-14-10(9)12/h5,7-8,13H,2-4,6H2,1H3. The van der Waals surface area contributed by atoms with Crippen LogP contribution in [0, 0.1) is 5.92 Å². The van der Waals surface area contributed by atoms with E-state index in [1.165, 1.54) is 11.3 Å². The summed E-state index contributed by atoms with van der Waals surface area (Å²) in [5.74, 6) is 0.384. The van der Waals surface area contributed by atoms with E-state index in [9.17, 15) is 5.11 Å². The molecule has 1 aliphatic carbocycles. The summed E-state index contributed by atoms with van der Waals surface area (Å²) < 4.78 is 0.757. The molecule has 1 aromatic heterocycles. The minimum atomic E-state index is -0.647. The van der Waals surface area contributed by atoms with Crippen molar-refractivity contribution in [2.75, 3.05) is 0 Å². The second-order valence-corrected chi connectivity index (χ2v) is 5.55. The third-order valence-electron chi connectivity index (χ3n) is 3.36. The summed E-state index contributed by atoms with van der Waals surface area (Å²) in [5, 5.41) is 12.6. The van der Waals surface area contributed by atoms with Gasteiger partial charge in [0.1, 0.15) is 0 Å². The van der Waals surface area contributed by atoms with Gasteiger partial charge in [0.2, 0.25) is 0 Å². The highest BCUT2D eigenvalue weighted by Crippen LogP contribution is 2.48. The molecule has 78 valence electrons. The number of hydrogen-bond donors (Lipinski definition) is 1. The summed E-state index contributed by atoms with van der Waals surface area (Å²) in [7, 11) is 0. The first kappa shape index (κ1) is 10.5. The predicted molar refractivity (Wildman–Crippen MR) is 60.9 cm³/mol. The quantitative estimate of drug-likeness (QED) is 0.820. The lowest BCUT2D eigenvalue weighted by molar-refractivity contribution is -0.00338. The molecule has 1 saturated carbocycles. The van der Waals surface area contributed by atoms with Crippen molar-refractivity contribution in [3.8, 4) is 0 Å². The van der Waals surface area contributed by atoms with Gasteiger partial charge in [-0.3, -0.25) is 0 Å². The van der Waals surface area contributed by atoms with E-state index in [1.807, 2.05) is 11.4 Å². The van der Waals surface area contributed by atoms with E-state index in [1.54, 1.807) is 0 Å². The van der Waals surface area contributed by atoms with Crippen molar-refractivity contribution in [2.45, 2.75) is 38.2 Å². The van der Waals surface area contributed by atoms with Crippen LogP contribution in [-0.4, -0.2) is 5.11 Å². The molecule has 0 bridgehead atoms. The van der Waals surface area contributed by atoms with Gasteiger partial charge in [-0.25, -0.2) is 0 Å². The number of thiophene rings is 1. The highest BCUT2D eigenvalue weighted by molar-refractivity contribution is 7.14. The molecule has 1 nitrogen and oxygen atoms in total. The number of halogens is 1. The molecule has 1 fully saturated rings. The molecule has 1 N–H and O–H groups in total. The fourth-order valence-electron chi connectivity index (χ4n) is 2.56. The van der Waals surface area contributed by atoms with Crippen LogP contribution in [0.1, 0.15) is 38.2 Å². The van der Waals surface area contributed by atoms with Gasteiger partial charge in [0.15, 0.2) is 0 Å². The highest BCUT2D eigenvalue weighted by atomic mass is 35.5. The van der Waals surface area contributed by atoms with Crippen molar-refractivity contribution in [2.24, 2.45) is 5.92 Å². The number of aliphatic hydroxyl groups is 1. The first-order chi connectivity index (χ1) is 6.68. The monoisotopic (exact) mass is 230 g/mol. The Morgan fingerprint density at radius 1 is 1.71 bits per heavy atom. The Labute approximate surface area is 93.7 Å².